The Bertz CT molecular complexity index is 1170. The molecule has 1 amide bonds. The van der Waals surface area contributed by atoms with Gasteiger partial charge in [-0.2, -0.15) is 0 Å². The highest BCUT2D eigenvalue weighted by atomic mass is 32.2. The van der Waals surface area contributed by atoms with Crippen LogP contribution in [0.25, 0.3) is 0 Å². The Hall–Kier alpha value is -3.26. The SMILES string of the molecule is COc1ccc(S(=O)(=O)N2CCc3ccccc32)cc1C(=O)NC(C)c1ccco1. The number of hydrogen-bond donors (Lipinski definition) is 1. The first-order valence-electron chi connectivity index (χ1n) is 9.55. The molecule has 1 aliphatic heterocycles. The normalized spacial score (nSPS) is 14.3. The second-order valence-electron chi connectivity index (χ2n) is 7.03. The Morgan fingerprint density at radius 1 is 1.17 bits per heavy atom. The molecule has 2 aromatic carbocycles. The molecule has 7 nitrogen and oxygen atoms in total. The van der Waals surface area contributed by atoms with E-state index in [2.05, 4.69) is 5.32 Å². The van der Waals surface area contributed by atoms with Gasteiger partial charge >= 0.3 is 0 Å². The molecule has 0 saturated carbocycles. The van der Waals surface area contributed by atoms with Crippen LogP contribution in [0, 0.1) is 0 Å². The lowest BCUT2D eigenvalue weighted by atomic mass is 10.1. The summed E-state index contributed by atoms with van der Waals surface area (Å²) in [5.41, 5.74) is 1.80. The third kappa shape index (κ3) is 3.54. The number of benzene rings is 2. The number of anilines is 1. The summed E-state index contributed by atoms with van der Waals surface area (Å²) in [5.74, 6) is 0.439. The first-order chi connectivity index (χ1) is 14.4. The zero-order chi connectivity index (χ0) is 21.3. The number of carbonyl (C=O) groups is 1. The van der Waals surface area contributed by atoms with Gasteiger partial charge in [-0.25, -0.2) is 8.42 Å². The smallest absolute Gasteiger partial charge is 0.264 e. The van der Waals surface area contributed by atoms with E-state index in [9.17, 15) is 13.2 Å². The number of carbonyl (C=O) groups excluding carboxylic acids is 1. The van der Waals surface area contributed by atoms with Crippen LogP contribution in [-0.4, -0.2) is 28.0 Å². The molecule has 2 heterocycles. The highest BCUT2D eigenvalue weighted by molar-refractivity contribution is 7.92. The van der Waals surface area contributed by atoms with Gasteiger partial charge in [-0.1, -0.05) is 18.2 Å². The fourth-order valence-electron chi connectivity index (χ4n) is 3.59. The van der Waals surface area contributed by atoms with Crippen molar-refractivity contribution in [1.82, 2.24) is 5.32 Å². The maximum atomic E-state index is 13.3. The summed E-state index contributed by atoms with van der Waals surface area (Å²) in [6.45, 7) is 2.15. The molecule has 1 unspecified atom stereocenters. The Kier molecular flexibility index (Phi) is 5.26. The molecule has 0 bridgehead atoms. The van der Waals surface area contributed by atoms with Gasteiger partial charge in [-0.05, 0) is 55.3 Å². The van der Waals surface area contributed by atoms with Crippen LogP contribution in [0.4, 0.5) is 5.69 Å². The predicted molar refractivity (Wildman–Crippen MR) is 112 cm³/mol. The highest BCUT2D eigenvalue weighted by Gasteiger charge is 2.31. The van der Waals surface area contributed by atoms with E-state index in [0.29, 0.717) is 30.2 Å². The summed E-state index contributed by atoms with van der Waals surface area (Å²) < 4.78 is 38.6. The van der Waals surface area contributed by atoms with Gasteiger partial charge in [-0.15, -0.1) is 0 Å². The first-order valence-corrected chi connectivity index (χ1v) is 11.0. The molecule has 4 rings (SSSR count). The van der Waals surface area contributed by atoms with Crippen LogP contribution >= 0.6 is 0 Å². The molecule has 0 radical (unpaired) electrons. The number of ether oxygens (including phenoxy) is 1. The number of sulfonamides is 1. The molecule has 30 heavy (non-hydrogen) atoms. The van der Waals surface area contributed by atoms with E-state index in [1.54, 1.807) is 25.1 Å². The average Bonchev–Trinajstić information content (AvgIpc) is 3.43. The minimum Gasteiger partial charge on any atom is -0.496 e. The number of amides is 1. The standard InChI is InChI=1S/C22H22N2O5S/c1-15(20-8-5-13-29-20)23-22(25)18-14-17(9-10-21(18)28-2)30(26,27)24-12-11-16-6-3-4-7-19(16)24/h3-10,13-15H,11-12H2,1-2H3,(H,23,25). The number of furan rings is 1. The van der Waals surface area contributed by atoms with Gasteiger partial charge in [0.15, 0.2) is 0 Å². The summed E-state index contributed by atoms with van der Waals surface area (Å²) in [4.78, 5) is 12.9. The number of methoxy groups -OCH3 is 1. The minimum atomic E-state index is -3.83. The second-order valence-corrected chi connectivity index (χ2v) is 8.89. The van der Waals surface area contributed by atoms with E-state index in [4.69, 9.17) is 9.15 Å². The zero-order valence-electron chi connectivity index (χ0n) is 16.7. The van der Waals surface area contributed by atoms with Crippen LogP contribution in [0.5, 0.6) is 5.75 Å². The van der Waals surface area contributed by atoms with Crippen LogP contribution in [-0.2, 0) is 16.4 Å². The predicted octanol–water partition coefficient (Wildman–Crippen LogP) is 3.53. The van der Waals surface area contributed by atoms with Crippen molar-refractivity contribution in [2.24, 2.45) is 0 Å². The van der Waals surface area contributed by atoms with Gasteiger partial charge in [0.2, 0.25) is 0 Å². The van der Waals surface area contributed by atoms with Crippen molar-refractivity contribution >= 4 is 21.6 Å². The van der Waals surface area contributed by atoms with Crippen LogP contribution in [0.1, 0.15) is 34.6 Å². The summed E-state index contributed by atoms with van der Waals surface area (Å²) in [5, 5.41) is 2.82. The number of para-hydroxylation sites is 1. The second kappa shape index (κ2) is 7.87. The monoisotopic (exact) mass is 426 g/mol. The zero-order valence-corrected chi connectivity index (χ0v) is 17.5. The van der Waals surface area contributed by atoms with E-state index >= 15 is 0 Å². The maximum Gasteiger partial charge on any atom is 0.264 e. The summed E-state index contributed by atoms with van der Waals surface area (Å²) >= 11 is 0. The summed E-state index contributed by atoms with van der Waals surface area (Å²) in [7, 11) is -2.39. The average molecular weight is 426 g/mol. The number of hydrogen-bond acceptors (Lipinski definition) is 5. The molecule has 0 spiro atoms. The van der Waals surface area contributed by atoms with E-state index in [0.717, 1.165) is 5.56 Å². The summed E-state index contributed by atoms with van der Waals surface area (Å²) in [6, 6.07) is 14.9. The molecule has 0 saturated heterocycles. The Labute approximate surface area is 175 Å². The fourth-order valence-corrected chi connectivity index (χ4v) is 5.12. The van der Waals surface area contributed by atoms with E-state index in [1.165, 1.54) is 35.9 Å². The van der Waals surface area contributed by atoms with E-state index < -0.39 is 15.9 Å². The van der Waals surface area contributed by atoms with Gasteiger partial charge in [0.1, 0.15) is 11.5 Å². The number of fused-ring (bicyclic) bond motifs is 1. The summed E-state index contributed by atoms with van der Waals surface area (Å²) in [6.07, 6.45) is 2.18. The number of rotatable bonds is 6. The molecule has 156 valence electrons. The number of nitrogens with one attached hydrogen (secondary N) is 1. The molecule has 8 heteroatoms. The van der Waals surface area contributed by atoms with Crippen LogP contribution in [0.3, 0.4) is 0 Å². The Morgan fingerprint density at radius 3 is 2.70 bits per heavy atom. The molecule has 1 aromatic heterocycles. The van der Waals surface area contributed by atoms with Crippen LogP contribution in [0.2, 0.25) is 0 Å². The van der Waals surface area contributed by atoms with Crippen molar-refractivity contribution in [3.8, 4) is 5.75 Å². The lowest BCUT2D eigenvalue weighted by Gasteiger charge is -2.20. The molecule has 1 aliphatic rings. The fraction of sp³-hybridized carbons (Fsp3) is 0.227. The lowest BCUT2D eigenvalue weighted by Crippen LogP contribution is -2.30. The molecule has 3 aromatic rings. The third-order valence-corrected chi connectivity index (χ3v) is 6.97. The lowest BCUT2D eigenvalue weighted by molar-refractivity contribution is 0.0932. The van der Waals surface area contributed by atoms with Crippen LogP contribution in [0.15, 0.2) is 70.2 Å². The molecular weight excluding hydrogens is 404 g/mol. The van der Waals surface area contributed by atoms with Crippen molar-refractivity contribution in [2.75, 3.05) is 18.0 Å². The molecule has 1 atom stereocenters. The van der Waals surface area contributed by atoms with E-state index in [1.807, 2.05) is 18.2 Å². The number of nitrogens with zero attached hydrogens (tertiary/aromatic N) is 1. The van der Waals surface area contributed by atoms with Crippen molar-refractivity contribution < 1.29 is 22.4 Å². The van der Waals surface area contributed by atoms with Gasteiger partial charge in [0.05, 0.1) is 35.6 Å². The van der Waals surface area contributed by atoms with Gasteiger partial charge < -0.3 is 14.5 Å². The third-order valence-electron chi connectivity index (χ3n) is 5.17. The maximum absolute atomic E-state index is 13.3. The largest absolute Gasteiger partial charge is 0.496 e. The van der Waals surface area contributed by atoms with Crippen molar-refractivity contribution in [3.63, 3.8) is 0 Å². The van der Waals surface area contributed by atoms with Crippen molar-refractivity contribution in [2.45, 2.75) is 24.3 Å². The van der Waals surface area contributed by atoms with Crippen molar-refractivity contribution in [1.29, 1.82) is 0 Å². The Balaban J connectivity index is 1.66. The molecule has 0 aliphatic carbocycles. The van der Waals surface area contributed by atoms with Gasteiger partial charge in [0, 0.05) is 6.54 Å². The Morgan fingerprint density at radius 2 is 1.97 bits per heavy atom. The topological polar surface area (TPSA) is 88.9 Å². The quantitative estimate of drug-likeness (QED) is 0.651. The van der Waals surface area contributed by atoms with E-state index in [-0.39, 0.29) is 16.5 Å². The van der Waals surface area contributed by atoms with Crippen LogP contribution < -0.4 is 14.4 Å². The molecule has 0 fully saturated rings. The minimum absolute atomic E-state index is 0.0378. The van der Waals surface area contributed by atoms with Gasteiger partial charge in [0.25, 0.3) is 15.9 Å². The van der Waals surface area contributed by atoms with Gasteiger partial charge in [-0.3, -0.25) is 9.10 Å². The first kappa shape index (κ1) is 20.0. The highest BCUT2D eigenvalue weighted by Crippen LogP contribution is 2.34. The molecular formula is C22H22N2O5S. The molecule has 1 N–H and O–H groups in total. The van der Waals surface area contributed by atoms with Crippen molar-refractivity contribution in [3.05, 3.63) is 77.7 Å².